The summed E-state index contributed by atoms with van der Waals surface area (Å²) in [6.45, 7) is 2.31. The van der Waals surface area contributed by atoms with Crippen molar-refractivity contribution >= 4 is 0 Å². The number of aliphatic hydroxyl groups is 2. The highest BCUT2D eigenvalue weighted by molar-refractivity contribution is 5.05. The van der Waals surface area contributed by atoms with E-state index in [4.69, 9.17) is 14.7 Å². The Kier molecular flexibility index (Phi) is 12.8. The van der Waals surface area contributed by atoms with Crippen molar-refractivity contribution in [2.24, 2.45) is 5.92 Å². The van der Waals surface area contributed by atoms with Crippen LogP contribution in [0.2, 0.25) is 0 Å². The summed E-state index contributed by atoms with van der Waals surface area (Å²) in [4.78, 5) is 0. The summed E-state index contributed by atoms with van der Waals surface area (Å²) in [5.41, 5.74) is 1.04. The van der Waals surface area contributed by atoms with Crippen LogP contribution >= 0.6 is 0 Å². The van der Waals surface area contributed by atoms with Gasteiger partial charge in [0.25, 0.3) is 0 Å². The number of aromatic nitrogens is 1. The van der Waals surface area contributed by atoms with Crippen LogP contribution in [0.5, 0.6) is 0 Å². The second kappa shape index (κ2) is 14.5. The molecule has 0 aliphatic heterocycles. The minimum atomic E-state index is -0.0551. The molecule has 24 heavy (non-hydrogen) atoms. The maximum atomic E-state index is 9.06. The summed E-state index contributed by atoms with van der Waals surface area (Å²) < 4.78 is 5.33. The van der Waals surface area contributed by atoms with Gasteiger partial charge in [-0.25, -0.2) is 0 Å². The van der Waals surface area contributed by atoms with Crippen molar-refractivity contribution in [3.63, 3.8) is 0 Å². The Balaban J connectivity index is 2.00. The largest absolute Gasteiger partial charge is 0.396 e. The molecule has 0 amide bonds. The normalized spacial score (nSPS) is 11.5. The number of hydrogen-bond donors (Lipinski definition) is 2. The SMILES string of the molecule is CCCCCCCCCCCCc1cc(CCC(CO)CO)on1. The first-order valence-electron chi connectivity index (χ1n) is 9.96. The molecule has 1 aromatic heterocycles. The summed E-state index contributed by atoms with van der Waals surface area (Å²) in [6.07, 6.45) is 15.9. The van der Waals surface area contributed by atoms with E-state index in [1.54, 1.807) is 0 Å². The molecule has 0 spiro atoms. The molecule has 0 atom stereocenters. The molecule has 0 aromatic carbocycles. The van der Waals surface area contributed by atoms with Crippen LogP contribution < -0.4 is 0 Å². The van der Waals surface area contributed by atoms with Crippen LogP contribution in [0.25, 0.3) is 0 Å². The van der Waals surface area contributed by atoms with E-state index < -0.39 is 0 Å². The first kappa shape index (κ1) is 21.2. The lowest BCUT2D eigenvalue weighted by Crippen LogP contribution is -2.11. The molecule has 0 aliphatic rings. The molecule has 4 heteroatoms. The highest BCUT2D eigenvalue weighted by atomic mass is 16.5. The third-order valence-electron chi connectivity index (χ3n) is 4.71. The van der Waals surface area contributed by atoms with E-state index in [9.17, 15) is 0 Å². The Labute approximate surface area is 147 Å². The molecular formula is C20H37NO3. The van der Waals surface area contributed by atoms with Gasteiger partial charge in [0.15, 0.2) is 0 Å². The Morgan fingerprint density at radius 2 is 1.46 bits per heavy atom. The maximum absolute atomic E-state index is 9.06. The van der Waals surface area contributed by atoms with Crippen molar-refractivity contribution < 1.29 is 14.7 Å². The topological polar surface area (TPSA) is 66.5 Å². The van der Waals surface area contributed by atoms with E-state index in [2.05, 4.69) is 12.1 Å². The second-order valence-corrected chi connectivity index (χ2v) is 6.99. The second-order valence-electron chi connectivity index (χ2n) is 6.99. The third-order valence-corrected chi connectivity index (χ3v) is 4.71. The van der Waals surface area contributed by atoms with Gasteiger partial charge in [-0.3, -0.25) is 0 Å². The van der Waals surface area contributed by atoms with Gasteiger partial charge in [-0.05, 0) is 19.3 Å². The lowest BCUT2D eigenvalue weighted by Gasteiger charge is -2.07. The Morgan fingerprint density at radius 1 is 0.875 bits per heavy atom. The smallest absolute Gasteiger partial charge is 0.137 e. The fourth-order valence-electron chi connectivity index (χ4n) is 2.97. The van der Waals surface area contributed by atoms with Crippen molar-refractivity contribution in [3.8, 4) is 0 Å². The van der Waals surface area contributed by atoms with Crippen molar-refractivity contribution in [2.75, 3.05) is 13.2 Å². The van der Waals surface area contributed by atoms with Crippen LogP contribution in [0.15, 0.2) is 10.6 Å². The Morgan fingerprint density at radius 3 is 2.04 bits per heavy atom. The zero-order valence-electron chi connectivity index (χ0n) is 15.5. The minimum Gasteiger partial charge on any atom is -0.396 e. The molecule has 1 aromatic rings. The van der Waals surface area contributed by atoms with Crippen molar-refractivity contribution in [3.05, 3.63) is 17.5 Å². The monoisotopic (exact) mass is 339 g/mol. The molecule has 140 valence electrons. The number of aryl methyl sites for hydroxylation is 2. The average molecular weight is 340 g/mol. The number of aliphatic hydroxyl groups excluding tert-OH is 2. The van der Waals surface area contributed by atoms with Crippen molar-refractivity contribution in [1.82, 2.24) is 5.16 Å². The molecular weight excluding hydrogens is 302 g/mol. The summed E-state index contributed by atoms with van der Waals surface area (Å²) in [5.74, 6) is 0.810. The maximum Gasteiger partial charge on any atom is 0.137 e. The van der Waals surface area contributed by atoms with Crippen LogP contribution in [0.4, 0.5) is 0 Å². The molecule has 2 N–H and O–H groups in total. The van der Waals surface area contributed by atoms with E-state index in [0.717, 1.165) is 30.7 Å². The Bertz CT molecular complexity index is 388. The van der Waals surface area contributed by atoms with Gasteiger partial charge < -0.3 is 14.7 Å². The molecule has 0 unspecified atom stereocenters. The molecule has 0 saturated heterocycles. The fourth-order valence-corrected chi connectivity index (χ4v) is 2.97. The standard InChI is InChI=1S/C20H37NO3/c1-2-3-4-5-6-7-8-9-10-11-12-19-15-20(24-21-19)14-13-18(16-22)17-23/h15,18,22-23H,2-14,16-17H2,1H3. The first-order chi connectivity index (χ1) is 11.8. The van der Waals surface area contributed by atoms with Crippen molar-refractivity contribution in [1.29, 1.82) is 0 Å². The molecule has 1 rings (SSSR count). The van der Waals surface area contributed by atoms with Crippen LogP contribution in [-0.2, 0) is 12.8 Å². The quantitative estimate of drug-likeness (QED) is 0.429. The van der Waals surface area contributed by atoms with E-state index in [-0.39, 0.29) is 19.1 Å². The van der Waals surface area contributed by atoms with Gasteiger partial charge in [-0.1, -0.05) is 69.9 Å². The van der Waals surface area contributed by atoms with Crippen LogP contribution in [0, 0.1) is 5.92 Å². The highest BCUT2D eigenvalue weighted by Crippen LogP contribution is 2.14. The summed E-state index contributed by atoms with van der Waals surface area (Å²) >= 11 is 0. The van der Waals surface area contributed by atoms with Gasteiger partial charge in [0, 0.05) is 31.6 Å². The zero-order valence-corrected chi connectivity index (χ0v) is 15.5. The van der Waals surface area contributed by atoms with Gasteiger partial charge in [0.2, 0.25) is 0 Å². The van der Waals surface area contributed by atoms with Gasteiger partial charge in [-0.2, -0.15) is 0 Å². The first-order valence-corrected chi connectivity index (χ1v) is 9.96. The average Bonchev–Trinajstić information content (AvgIpc) is 3.05. The molecule has 0 saturated carbocycles. The molecule has 4 nitrogen and oxygen atoms in total. The lowest BCUT2D eigenvalue weighted by molar-refractivity contribution is 0.142. The van der Waals surface area contributed by atoms with Crippen LogP contribution in [0.3, 0.4) is 0 Å². The Hall–Kier alpha value is -0.870. The fraction of sp³-hybridized carbons (Fsp3) is 0.850. The number of unbranched alkanes of at least 4 members (excludes halogenated alkanes) is 9. The minimum absolute atomic E-state index is 0.0239. The lowest BCUT2D eigenvalue weighted by atomic mass is 10.0. The van der Waals surface area contributed by atoms with Gasteiger partial charge in [0.1, 0.15) is 5.76 Å². The molecule has 0 fully saturated rings. The third kappa shape index (κ3) is 10.1. The summed E-state index contributed by atoms with van der Waals surface area (Å²) in [6, 6.07) is 2.03. The molecule has 0 bridgehead atoms. The summed E-state index contributed by atoms with van der Waals surface area (Å²) in [7, 11) is 0. The van der Waals surface area contributed by atoms with Crippen molar-refractivity contribution in [2.45, 2.75) is 90.4 Å². The number of nitrogens with zero attached hydrogens (tertiary/aromatic N) is 1. The predicted octanol–water partition coefficient (Wildman–Crippen LogP) is 4.67. The molecule has 0 aliphatic carbocycles. The van der Waals surface area contributed by atoms with Crippen LogP contribution in [-0.4, -0.2) is 28.6 Å². The molecule has 1 heterocycles. The number of rotatable bonds is 16. The van der Waals surface area contributed by atoms with E-state index in [1.807, 2.05) is 6.07 Å². The predicted molar refractivity (Wildman–Crippen MR) is 98.0 cm³/mol. The molecule has 0 radical (unpaired) electrons. The van der Waals surface area contributed by atoms with E-state index in [1.165, 1.54) is 64.2 Å². The van der Waals surface area contributed by atoms with Gasteiger partial charge >= 0.3 is 0 Å². The number of hydrogen-bond acceptors (Lipinski definition) is 4. The highest BCUT2D eigenvalue weighted by Gasteiger charge is 2.09. The van der Waals surface area contributed by atoms with Gasteiger partial charge in [0.05, 0.1) is 5.69 Å². The zero-order chi connectivity index (χ0) is 17.5. The summed E-state index contributed by atoms with van der Waals surface area (Å²) in [5, 5.41) is 22.2. The van der Waals surface area contributed by atoms with Gasteiger partial charge in [-0.15, -0.1) is 0 Å². The van der Waals surface area contributed by atoms with E-state index in [0.29, 0.717) is 0 Å². The van der Waals surface area contributed by atoms with E-state index >= 15 is 0 Å². The van der Waals surface area contributed by atoms with Crippen LogP contribution in [0.1, 0.15) is 89.0 Å².